The van der Waals surface area contributed by atoms with E-state index >= 15 is 0 Å². The minimum Gasteiger partial charge on any atom is -0.467 e. The van der Waals surface area contributed by atoms with Crippen LogP contribution in [0, 0.1) is 0 Å². The van der Waals surface area contributed by atoms with Gasteiger partial charge in [-0.05, 0) is 29.8 Å². The van der Waals surface area contributed by atoms with Crippen LogP contribution in [0.3, 0.4) is 0 Å². The third-order valence-corrected chi connectivity index (χ3v) is 8.29. The number of esters is 1. The molecule has 0 bridgehead atoms. The van der Waals surface area contributed by atoms with Crippen molar-refractivity contribution in [2.45, 2.75) is 16.5 Å². The minimum atomic E-state index is -4.04. The summed E-state index contributed by atoms with van der Waals surface area (Å²) in [5.41, 5.74) is -0.660. The smallest absolute Gasteiger partial charge is 0.334 e. The largest absolute Gasteiger partial charge is 0.467 e. The zero-order chi connectivity index (χ0) is 24.2. The molecule has 176 valence electrons. The van der Waals surface area contributed by atoms with Crippen molar-refractivity contribution in [1.29, 1.82) is 0 Å². The van der Waals surface area contributed by atoms with Gasteiger partial charge in [0.1, 0.15) is 0 Å². The number of amides is 1. The van der Waals surface area contributed by atoms with Crippen molar-refractivity contribution in [2.75, 3.05) is 18.7 Å². The lowest BCUT2D eigenvalue weighted by Crippen LogP contribution is -2.62. The molecule has 1 fully saturated rings. The number of carbonyl (C=O) groups excluding carboxylic acids is 2. The molecular weight excluding hydrogens is 472 g/mol. The third-order valence-electron chi connectivity index (χ3n) is 5.77. The van der Waals surface area contributed by atoms with Gasteiger partial charge in [-0.25, -0.2) is 17.9 Å². The summed E-state index contributed by atoms with van der Waals surface area (Å²) in [6, 6.07) is 24.2. The standard InChI is InChI=1S/C25H24N2O5S2/c1-32-24(29)25(17-33-18-27(25)23(28)20-13-7-3-8-14-20)22(19-11-5-2-6-12-19)26-34(30,31)21-15-9-4-10-16-21/h2-16,22,26H,17-18H2,1H3. The molecule has 9 heteroatoms. The summed E-state index contributed by atoms with van der Waals surface area (Å²) in [4.78, 5) is 28.5. The van der Waals surface area contributed by atoms with E-state index in [1.54, 1.807) is 78.9 Å². The molecule has 7 nitrogen and oxygen atoms in total. The van der Waals surface area contributed by atoms with Crippen LogP contribution in [0.25, 0.3) is 0 Å². The number of hydrogen-bond acceptors (Lipinski definition) is 6. The van der Waals surface area contributed by atoms with Gasteiger partial charge in [-0.1, -0.05) is 66.7 Å². The Morgan fingerprint density at radius 3 is 2.09 bits per heavy atom. The number of nitrogens with one attached hydrogen (secondary N) is 1. The lowest BCUT2D eigenvalue weighted by molar-refractivity contribution is -0.153. The van der Waals surface area contributed by atoms with E-state index in [1.807, 2.05) is 0 Å². The molecule has 1 amide bonds. The fraction of sp³-hybridized carbons (Fsp3) is 0.200. The number of hydrogen-bond donors (Lipinski definition) is 1. The topological polar surface area (TPSA) is 92.8 Å². The van der Waals surface area contributed by atoms with Crippen LogP contribution < -0.4 is 4.72 Å². The van der Waals surface area contributed by atoms with Crippen molar-refractivity contribution < 1.29 is 22.7 Å². The summed E-state index contributed by atoms with van der Waals surface area (Å²) in [5.74, 6) is -0.698. The average Bonchev–Trinajstić information content (AvgIpc) is 3.34. The lowest BCUT2D eigenvalue weighted by Gasteiger charge is -2.41. The molecular formula is C25H24N2O5S2. The zero-order valence-electron chi connectivity index (χ0n) is 18.5. The number of carbonyl (C=O) groups is 2. The second-order valence-corrected chi connectivity index (χ2v) is 10.4. The lowest BCUT2D eigenvalue weighted by atomic mass is 9.85. The third kappa shape index (κ3) is 4.46. The van der Waals surface area contributed by atoms with Crippen molar-refractivity contribution in [3.8, 4) is 0 Å². The Morgan fingerprint density at radius 1 is 0.941 bits per heavy atom. The highest BCUT2D eigenvalue weighted by Gasteiger charge is 2.58. The Morgan fingerprint density at radius 2 is 1.50 bits per heavy atom. The summed E-state index contributed by atoms with van der Waals surface area (Å²) in [7, 11) is -2.80. The molecule has 1 aliphatic rings. The van der Waals surface area contributed by atoms with E-state index in [9.17, 15) is 18.0 Å². The van der Waals surface area contributed by atoms with Gasteiger partial charge in [-0.2, -0.15) is 0 Å². The minimum absolute atomic E-state index is 0.0579. The Labute approximate surface area is 203 Å². The number of rotatable bonds is 7. The highest BCUT2D eigenvalue weighted by atomic mass is 32.2. The van der Waals surface area contributed by atoms with Gasteiger partial charge in [0, 0.05) is 11.3 Å². The first-order valence-electron chi connectivity index (χ1n) is 10.6. The van der Waals surface area contributed by atoms with Gasteiger partial charge in [-0.3, -0.25) is 4.79 Å². The number of benzene rings is 3. The van der Waals surface area contributed by atoms with Crippen LogP contribution in [0.2, 0.25) is 0 Å². The van der Waals surface area contributed by atoms with Crippen molar-refractivity contribution in [1.82, 2.24) is 9.62 Å². The van der Waals surface area contributed by atoms with E-state index in [-0.39, 0.29) is 22.4 Å². The maximum absolute atomic E-state index is 13.6. The van der Waals surface area contributed by atoms with Crippen molar-refractivity contribution in [3.63, 3.8) is 0 Å². The number of nitrogens with zero attached hydrogens (tertiary/aromatic N) is 1. The molecule has 4 rings (SSSR count). The predicted molar refractivity (Wildman–Crippen MR) is 131 cm³/mol. The molecule has 2 atom stereocenters. The Kier molecular flexibility index (Phi) is 7.06. The monoisotopic (exact) mass is 496 g/mol. The molecule has 2 unspecified atom stereocenters. The van der Waals surface area contributed by atoms with E-state index in [4.69, 9.17) is 4.74 Å². The maximum atomic E-state index is 13.6. The normalized spacial score (nSPS) is 18.9. The Hall–Kier alpha value is -3.14. The summed E-state index contributed by atoms with van der Waals surface area (Å²) < 4.78 is 34.7. The highest BCUT2D eigenvalue weighted by Crippen LogP contribution is 2.43. The van der Waals surface area contributed by atoms with Gasteiger partial charge in [0.15, 0.2) is 5.54 Å². The van der Waals surface area contributed by atoms with E-state index in [1.165, 1.54) is 35.9 Å². The molecule has 3 aromatic carbocycles. The van der Waals surface area contributed by atoms with Crippen LogP contribution in [0.4, 0.5) is 0 Å². The van der Waals surface area contributed by atoms with Crippen molar-refractivity contribution >= 4 is 33.7 Å². The van der Waals surface area contributed by atoms with Gasteiger partial charge in [0.05, 0.1) is 23.9 Å². The molecule has 1 N–H and O–H groups in total. The molecule has 0 saturated carbocycles. The Bertz CT molecular complexity index is 1250. The van der Waals surface area contributed by atoms with Crippen LogP contribution in [-0.4, -0.2) is 49.5 Å². The predicted octanol–water partition coefficient (Wildman–Crippen LogP) is 3.46. The first-order chi connectivity index (χ1) is 16.4. The van der Waals surface area contributed by atoms with E-state index in [0.29, 0.717) is 11.1 Å². The van der Waals surface area contributed by atoms with E-state index in [0.717, 1.165) is 0 Å². The van der Waals surface area contributed by atoms with Gasteiger partial charge >= 0.3 is 5.97 Å². The van der Waals surface area contributed by atoms with Gasteiger partial charge in [-0.15, -0.1) is 11.8 Å². The fourth-order valence-electron chi connectivity index (χ4n) is 4.07. The van der Waals surface area contributed by atoms with E-state index in [2.05, 4.69) is 4.72 Å². The van der Waals surface area contributed by atoms with Crippen LogP contribution >= 0.6 is 11.8 Å². The molecule has 0 aromatic heterocycles. The number of sulfonamides is 1. The quantitative estimate of drug-likeness (QED) is 0.504. The summed E-state index contributed by atoms with van der Waals surface area (Å²) in [6.07, 6.45) is 0. The molecule has 0 aliphatic carbocycles. The molecule has 0 spiro atoms. The Balaban J connectivity index is 1.87. The summed E-state index contributed by atoms with van der Waals surface area (Å²) in [5, 5.41) is 0. The van der Waals surface area contributed by atoms with Crippen molar-refractivity contribution in [2.24, 2.45) is 0 Å². The molecule has 0 radical (unpaired) electrons. The van der Waals surface area contributed by atoms with Crippen LogP contribution in [0.1, 0.15) is 22.0 Å². The number of methoxy groups -OCH3 is 1. The summed E-state index contributed by atoms with van der Waals surface area (Å²) >= 11 is 1.37. The highest BCUT2D eigenvalue weighted by molar-refractivity contribution is 7.99. The molecule has 34 heavy (non-hydrogen) atoms. The van der Waals surface area contributed by atoms with Crippen LogP contribution in [0.15, 0.2) is 95.9 Å². The average molecular weight is 497 g/mol. The fourth-order valence-corrected chi connectivity index (χ4v) is 6.74. The second kappa shape index (κ2) is 10.0. The van der Waals surface area contributed by atoms with Crippen molar-refractivity contribution in [3.05, 3.63) is 102 Å². The number of thioether (sulfide) groups is 1. The second-order valence-electron chi connectivity index (χ2n) is 7.77. The zero-order valence-corrected chi connectivity index (χ0v) is 20.1. The number of ether oxygens (including phenoxy) is 1. The van der Waals surface area contributed by atoms with Crippen LogP contribution in [0.5, 0.6) is 0 Å². The maximum Gasteiger partial charge on any atom is 0.334 e. The van der Waals surface area contributed by atoms with Gasteiger partial charge in [0.2, 0.25) is 10.0 Å². The molecule has 3 aromatic rings. The van der Waals surface area contributed by atoms with Gasteiger partial charge < -0.3 is 9.64 Å². The van der Waals surface area contributed by atoms with Crippen LogP contribution in [-0.2, 0) is 19.6 Å². The molecule has 1 heterocycles. The first-order valence-corrected chi connectivity index (χ1v) is 13.2. The van der Waals surface area contributed by atoms with E-state index < -0.39 is 27.6 Å². The molecule has 1 saturated heterocycles. The SMILES string of the molecule is COC(=O)C1(C(NS(=O)(=O)c2ccccc2)c2ccccc2)CSCN1C(=O)c1ccccc1. The summed E-state index contributed by atoms with van der Waals surface area (Å²) in [6.45, 7) is 0. The van der Waals surface area contributed by atoms with Gasteiger partial charge in [0.25, 0.3) is 5.91 Å². The first kappa shape index (κ1) is 24.0. The molecule has 1 aliphatic heterocycles.